The minimum atomic E-state index is -0.766. The summed E-state index contributed by atoms with van der Waals surface area (Å²) in [6.45, 7) is 11.2. The molecule has 2 rings (SSSR count). The average molecular weight is 430 g/mol. The third kappa shape index (κ3) is 8.27. The van der Waals surface area contributed by atoms with Crippen LogP contribution in [0.1, 0.15) is 54.8 Å². The van der Waals surface area contributed by atoms with E-state index in [4.69, 9.17) is 29.0 Å². The predicted molar refractivity (Wildman–Crippen MR) is 111 cm³/mol. The molecule has 0 aliphatic carbocycles. The van der Waals surface area contributed by atoms with E-state index in [2.05, 4.69) is 6.92 Å². The van der Waals surface area contributed by atoms with Crippen LogP contribution >= 0.6 is 0 Å². The minimum Gasteiger partial charge on any atom is -0.491 e. The Morgan fingerprint density at radius 3 is 1.32 bits per heavy atom. The molecule has 8 heteroatoms. The number of rotatable bonds is 11. The second-order valence-corrected chi connectivity index (χ2v) is 6.91. The van der Waals surface area contributed by atoms with Gasteiger partial charge in [-0.05, 0) is 83.1 Å². The molecule has 0 N–H and O–H groups in total. The van der Waals surface area contributed by atoms with E-state index in [1.807, 2.05) is 27.7 Å². The number of benzene rings is 2. The highest BCUT2D eigenvalue weighted by atomic mass is 17.3. The fourth-order valence-electron chi connectivity index (χ4n) is 2.25. The second-order valence-electron chi connectivity index (χ2n) is 6.91. The van der Waals surface area contributed by atoms with Gasteiger partial charge >= 0.3 is 18.2 Å². The zero-order valence-corrected chi connectivity index (χ0v) is 18.0. The molecule has 0 amide bonds. The highest BCUT2D eigenvalue weighted by Gasteiger charge is 2.20. The highest BCUT2D eigenvalue weighted by molar-refractivity contribution is 5.89. The molecule has 0 atom stereocenters. The fraction of sp³-hybridized carbons (Fsp3) is 0.304. The number of hydrogen-bond donors (Lipinski definition) is 0. The van der Waals surface area contributed by atoms with Crippen molar-refractivity contribution in [2.45, 2.75) is 46.3 Å². The smallest absolute Gasteiger partial charge is 0.373 e. The maximum atomic E-state index is 12.1. The predicted octanol–water partition coefficient (Wildman–Crippen LogP) is 4.85. The molecule has 0 saturated heterocycles. The van der Waals surface area contributed by atoms with Crippen LogP contribution in [0.25, 0.3) is 0 Å². The molecule has 31 heavy (non-hydrogen) atoms. The number of carbonyl (C=O) groups is 2. The van der Waals surface area contributed by atoms with E-state index in [0.29, 0.717) is 11.5 Å². The van der Waals surface area contributed by atoms with Gasteiger partial charge in [-0.15, -0.1) is 9.78 Å². The molecule has 0 unspecified atom stereocenters. The van der Waals surface area contributed by atoms with Gasteiger partial charge in [0.15, 0.2) is 0 Å². The van der Waals surface area contributed by atoms with Crippen molar-refractivity contribution in [1.29, 1.82) is 0 Å². The lowest BCUT2D eigenvalue weighted by molar-refractivity contribution is -0.362. The summed E-state index contributed by atoms with van der Waals surface area (Å²) in [5.74, 6) is -0.288. The van der Waals surface area contributed by atoms with Gasteiger partial charge in [-0.1, -0.05) is 0 Å². The van der Waals surface area contributed by atoms with Crippen LogP contribution in [-0.4, -0.2) is 24.1 Å². The Kier molecular flexibility index (Phi) is 9.30. The quantitative estimate of drug-likeness (QED) is 0.369. The molecule has 0 bridgehead atoms. The molecule has 2 aromatic carbocycles. The van der Waals surface area contributed by atoms with Crippen molar-refractivity contribution >= 4 is 11.9 Å². The molecule has 8 nitrogen and oxygen atoms in total. The first-order valence-corrected chi connectivity index (χ1v) is 9.74. The molecule has 0 fully saturated rings. The van der Waals surface area contributed by atoms with Crippen molar-refractivity contribution in [1.82, 2.24) is 0 Å². The van der Waals surface area contributed by atoms with Crippen molar-refractivity contribution in [2.75, 3.05) is 0 Å². The summed E-state index contributed by atoms with van der Waals surface area (Å²) in [4.78, 5) is 43.2. The molecule has 0 aromatic heterocycles. The van der Waals surface area contributed by atoms with Gasteiger partial charge in [0.25, 0.3) is 0 Å². The van der Waals surface area contributed by atoms with Gasteiger partial charge in [-0.2, -0.15) is 0 Å². The Bertz CT molecular complexity index is 758. The lowest BCUT2D eigenvalue weighted by atomic mass is 10.2. The maximum absolute atomic E-state index is 12.1. The van der Waals surface area contributed by atoms with Gasteiger partial charge in [0, 0.05) is 6.42 Å². The summed E-state index contributed by atoms with van der Waals surface area (Å²) < 4.78 is 11.0. The Hall–Kier alpha value is -3.10. The van der Waals surface area contributed by atoms with Gasteiger partial charge in [0.1, 0.15) is 11.5 Å². The van der Waals surface area contributed by atoms with Crippen molar-refractivity contribution in [3.8, 4) is 11.5 Å². The summed E-state index contributed by atoms with van der Waals surface area (Å²) >= 11 is 0. The Morgan fingerprint density at radius 1 is 0.677 bits per heavy atom. The van der Waals surface area contributed by atoms with Gasteiger partial charge < -0.3 is 9.47 Å². The van der Waals surface area contributed by atoms with Crippen LogP contribution in [-0.2, 0) is 19.6 Å². The topological polar surface area (TPSA) is 89.5 Å². The summed E-state index contributed by atoms with van der Waals surface area (Å²) in [6.07, 6.45) is -0.340. The minimum absolute atomic E-state index is 0.0153. The first-order valence-electron chi connectivity index (χ1n) is 9.74. The summed E-state index contributed by atoms with van der Waals surface area (Å²) in [5, 5.41) is 0. The first kappa shape index (κ1) is 24.2. The SMILES string of the molecule is [CH2]C[C](OOC(=O)c1ccc(OC(C)C)cc1)OOC(=O)c1ccc(OC(C)C)cc1. The van der Waals surface area contributed by atoms with Crippen LogP contribution in [0, 0.1) is 13.2 Å². The van der Waals surface area contributed by atoms with Gasteiger partial charge in [-0.3, -0.25) is 9.78 Å². The van der Waals surface area contributed by atoms with Crippen LogP contribution < -0.4 is 9.47 Å². The van der Waals surface area contributed by atoms with E-state index in [-0.39, 0.29) is 36.0 Å². The average Bonchev–Trinajstić information content (AvgIpc) is 2.73. The molecule has 2 aromatic rings. The lowest BCUT2D eigenvalue weighted by Crippen LogP contribution is -2.15. The van der Waals surface area contributed by atoms with E-state index in [1.165, 1.54) is 24.3 Å². The molecule has 0 aliphatic heterocycles. The van der Waals surface area contributed by atoms with Crippen molar-refractivity contribution in [3.63, 3.8) is 0 Å². The first-order chi connectivity index (χ1) is 14.8. The van der Waals surface area contributed by atoms with Crippen molar-refractivity contribution in [2.24, 2.45) is 0 Å². The third-order valence-corrected chi connectivity index (χ3v) is 3.55. The van der Waals surface area contributed by atoms with Crippen molar-refractivity contribution < 1.29 is 38.6 Å². The monoisotopic (exact) mass is 430 g/mol. The summed E-state index contributed by atoms with van der Waals surface area (Å²) in [7, 11) is 0. The molecule has 166 valence electrons. The molecule has 0 aliphatic rings. The molecule has 2 radical (unpaired) electrons. The van der Waals surface area contributed by atoms with Crippen LogP contribution in [0.2, 0.25) is 0 Å². The Morgan fingerprint density at radius 2 is 1.03 bits per heavy atom. The van der Waals surface area contributed by atoms with Crippen LogP contribution in [0.4, 0.5) is 0 Å². The van der Waals surface area contributed by atoms with Crippen LogP contribution in [0.15, 0.2) is 48.5 Å². The van der Waals surface area contributed by atoms with E-state index < -0.39 is 11.9 Å². The second kappa shape index (κ2) is 11.9. The largest absolute Gasteiger partial charge is 0.491 e. The summed E-state index contributed by atoms with van der Waals surface area (Å²) in [6, 6.07) is 12.7. The molecule has 0 spiro atoms. The number of carbonyl (C=O) groups excluding carboxylic acids is 2. The summed E-state index contributed by atoms with van der Waals surface area (Å²) in [5.41, 5.74) is 0.473. The number of hydrogen-bond acceptors (Lipinski definition) is 8. The molecule has 0 heterocycles. The Labute approximate surface area is 181 Å². The van der Waals surface area contributed by atoms with Gasteiger partial charge in [-0.25, -0.2) is 9.59 Å². The van der Waals surface area contributed by atoms with Crippen LogP contribution in [0.5, 0.6) is 11.5 Å². The standard InChI is InChI=1S/C23H26O8/c1-6-21(28-30-22(24)17-7-11-19(12-8-17)26-15(2)3)29-31-23(25)18-9-13-20(14-10-18)27-16(4)5/h7-16H,1,6H2,2-5H3. The number of ether oxygens (including phenoxy) is 2. The van der Waals surface area contributed by atoms with Crippen LogP contribution in [0.3, 0.4) is 0 Å². The zero-order valence-electron chi connectivity index (χ0n) is 18.0. The van der Waals surface area contributed by atoms with Crippen molar-refractivity contribution in [3.05, 3.63) is 72.9 Å². The fourth-order valence-corrected chi connectivity index (χ4v) is 2.25. The van der Waals surface area contributed by atoms with E-state index >= 15 is 0 Å². The van der Waals surface area contributed by atoms with E-state index in [0.717, 1.165) is 0 Å². The highest BCUT2D eigenvalue weighted by Crippen LogP contribution is 2.18. The van der Waals surface area contributed by atoms with E-state index in [1.54, 1.807) is 24.3 Å². The maximum Gasteiger partial charge on any atom is 0.373 e. The normalized spacial score (nSPS) is 11.0. The third-order valence-electron chi connectivity index (χ3n) is 3.55. The Balaban J connectivity index is 1.81. The molecule has 0 saturated carbocycles. The molecular formula is C23H26O8. The van der Waals surface area contributed by atoms with Gasteiger partial charge in [0.2, 0.25) is 0 Å². The molecular weight excluding hydrogens is 404 g/mol. The van der Waals surface area contributed by atoms with Gasteiger partial charge in [0.05, 0.1) is 23.3 Å². The van der Waals surface area contributed by atoms with E-state index in [9.17, 15) is 9.59 Å². The lowest BCUT2D eigenvalue weighted by Gasteiger charge is -2.12. The zero-order chi connectivity index (χ0) is 22.8.